The summed E-state index contributed by atoms with van der Waals surface area (Å²) in [5, 5.41) is 0. The highest BCUT2D eigenvalue weighted by molar-refractivity contribution is 5.71. The SMILES string of the molecule is CCC(C)c1ccc(OC(C)OCCOC(=O)Cc2ccco2)cc1. The maximum absolute atomic E-state index is 11.6. The second-order valence-corrected chi connectivity index (χ2v) is 5.91. The minimum absolute atomic E-state index is 0.127. The van der Waals surface area contributed by atoms with Crippen LogP contribution in [0, 0.1) is 0 Å². The molecule has 2 aromatic rings. The van der Waals surface area contributed by atoms with Crippen molar-refractivity contribution in [2.75, 3.05) is 13.2 Å². The molecule has 0 spiro atoms. The summed E-state index contributed by atoms with van der Waals surface area (Å²) in [4.78, 5) is 11.6. The van der Waals surface area contributed by atoms with Gasteiger partial charge < -0.3 is 18.6 Å². The first-order valence-corrected chi connectivity index (χ1v) is 8.64. The zero-order valence-electron chi connectivity index (χ0n) is 15.1. The maximum Gasteiger partial charge on any atom is 0.313 e. The van der Waals surface area contributed by atoms with Crippen molar-refractivity contribution in [2.45, 2.75) is 45.8 Å². The Kier molecular flexibility index (Phi) is 7.54. The molecule has 136 valence electrons. The van der Waals surface area contributed by atoms with Crippen molar-refractivity contribution >= 4 is 5.97 Å². The molecule has 0 aliphatic heterocycles. The fourth-order valence-corrected chi connectivity index (χ4v) is 2.31. The minimum Gasteiger partial charge on any atom is -0.469 e. The Morgan fingerprint density at radius 3 is 2.52 bits per heavy atom. The van der Waals surface area contributed by atoms with Crippen LogP contribution in [0.15, 0.2) is 47.1 Å². The number of furan rings is 1. The molecule has 2 atom stereocenters. The van der Waals surface area contributed by atoms with Gasteiger partial charge in [-0.05, 0) is 49.1 Å². The molecule has 1 aromatic carbocycles. The van der Waals surface area contributed by atoms with E-state index in [1.807, 2.05) is 19.1 Å². The van der Waals surface area contributed by atoms with Gasteiger partial charge in [0.15, 0.2) is 6.29 Å². The molecule has 0 fully saturated rings. The number of rotatable bonds is 10. The van der Waals surface area contributed by atoms with Crippen LogP contribution in [0.5, 0.6) is 5.75 Å². The number of esters is 1. The number of benzene rings is 1. The number of carbonyl (C=O) groups is 1. The Bertz CT molecular complexity index is 618. The molecule has 5 heteroatoms. The molecule has 25 heavy (non-hydrogen) atoms. The van der Waals surface area contributed by atoms with E-state index in [1.54, 1.807) is 12.1 Å². The van der Waals surface area contributed by atoms with Crippen molar-refractivity contribution in [3.63, 3.8) is 0 Å². The number of carbonyl (C=O) groups excluding carboxylic acids is 1. The fourth-order valence-electron chi connectivity index (χ4n) is 2.31. The first-order chi connectivity index (χ1) is 12.1. The molecule has 0 bridgehead atoms. The molecule has 0 radical (unpaired) electrons. The third-order valence-corrected chi connectivity index (χ3v) is 3.96. The third-order valence-electron chi connectivity index (χ3n) is 3.96. The third kappa shape index (κ3) is 6.63. The molecule has 0 saturated carbocycles. The molecule has 0 N–H and O–H groups in total. The van der Waals surface area contributed by atoms with Gasteiger partial charge in [-0.1, -0.05) is 26.0 Å². The van der Waals surface area contributed by atoms with E-state index in [2.05, 4.69) is 26.0 Å². The Balaban J connectivity index is 1.63. The van der Waals surface area contributed by atoms with Crippen LogP contribution in [-0.2, 0) is 20.7 Å². The van der Waals surface area contributed by atoms with E-state index in [1.165, 1.54) is 11.8 Å². The molecule has 5 nitrogen and oxygen atoms in total. The predicted molar refractivity (Wildman–Crippen MR) is 94.6 cm³/mol. The van der Waals surface area contributed by atoms with Crippen LogP contribution in [0.1, 0.15) is 44.4 Å². The summed E-state index contributed by atoms with van der Waals surface area (Å²) in [5.74, 6) is 1.55. The zero-order valence-corrected chi connectivity index (χ0v) is 15.1. The minimum atomic E-state index is -0.418. The maximum atomic E-state index is 11.6. The standard InChI is InChI=1S/C20H26O5/c1-4-15(2)17-7-9-18(10-8-17)25-16(3)22-12-13-24-20(21)14-19-6-5-11-23-19/h5-11,15-16H,4,12-14H2,1-3H3. The van der Waals surface area contributed by atoms with Crippen LogP contribution >= 0.6 is 0 Å². The summed E-state index contributed by atoms with van der Waals surface area (Å²) in [5.41, 5.74) is 1.30. The lowest BCUT2D eigenvalue weighted by atomic mass is 9.99. The van der Waals surface area contributed by atoms with Crippen molar-refractivity contribution in [3.8, 4) is 5.75 Å². The second-order valence-electron chi connectivity index (χ2n) is 5.91. The molecular weight excluding hydrogens is 320 g/mol. The van der Waals surface area contributed by atoms with E-state index >= 15 is 0 Å². The van der Waals surface area contributed by atoms with Crippen LogP contribution < -0.4 is 4.74 Å². The van der Waals surface area contributed by atoms with E-state index < -0.39 is 6.29 Å². The summed E-state index contributed by atoms with van der Waals surface area (Å²) in [6.45, 7) is 6.64. The van der Waals surface area contributed by atoms with E-state index in [4.69, 9.17) is 18.6 Å². The Labute approximate surface area is 148 Å². The van der Waals surface area contributed by atoms with E-state index in [0.29, 0.717) is 11.7 Å². The molecule has 2 rings (SSSR count). The average molecular weight is 346 g/mol. The van der Waals surface area contributed by atoms with Gasteiger partial charge in [-0.15, -0.1) is 0 Å². The molecule has 0 aliphatic carbocycles. The quantitative estimate of drug-likeness (QED) is 0.364. The Morgan fingerprint density at radius 2 is 1.88 bits per heavy atom. The van der Waals surface area contributed by atoms with Crippen molar-refractivity contribution in [1.82, 2.24) is 0 Å². The van der Waals surface area contributed by atoms with Crippen LogP contribution in [0.2, 0.25) is 0 Å². The first kappa shape index (κ1) is 19.1. The van der Waals surface area contributed by atoms with Gasteiger partial charge in [-0.2, -0.15) is 0 Å². The normalized spacial score (nSPS) is 13.2. The summed E-state index contributed by atoms with van der Waals surface area (Å²) < 4.78 is 21.4. The summed E-state index contributed by atoms with van der Waals surface area (Å²) in [6, 6.07) is 11.5. The first-order valence-electron chi connectivity index (χ1n) is 8.64. The largest absolute Gasteiger partial charge is 0.469 e. The summed E-state index contributed by atoms with van der Waals surface area (Å²) in [6.07, 6.45) is 2.35. The van der Waals surface area contributed by atoms with Crippen LogP contribution in [0.3, 0.4) is 0 Å². The van der Waals surface area contributed by atoms with Gasteiger partial charge in [0.1, 0.15) is 24.5 Å². The Hall–Kier alpha value is -2.27. The van der Waals surface area contributed by atoms with Gasteiger partial charge in [0.05, 0.1) is 12.9 Å². The van der Waals surface area contributed by atoms with Gasteiger partial charge in [0.2, 0.25) is 0 Å². The van der Waals surface area contributed by atoms with Crippen molar-refractivity contribution in [2.24, 2.45) is 0 Å². The monoisotopic (exact) mass is 346 g/mol. The lowest BCUT2D eigenvalue weighted by molar-refractivity contribution is -0.147. The summed E-state index contributed by atoms with van der Waals surface area (Å²) >= 11 is 0. The van der Waals surface area contributed by atoms with Gasteiger partial charge in [0.25, 0.3) is 0 Å². The lowest BCUT2D eigenvalue weighted by Gasteiger charge is -2.16. The van der Waals surface area contributed by atoms with Crippen LogP contribution in [0.4, 0.5) is 0 Å². The molecule has 0 amide bonds. The number of hydrogen-bond donors (Lipinski definition) is 0. The fraction of sp³-hybridized carbons (Fsp3) is 0.450. The molecular formula is C20H26O5. The smallest absolute Gasteiger partial charge is 0.313 e. The van der Waals surface area contributed by atoms with Crippen molar-refractivity contribution < 1.29 is 23.4 Å². The zero-order chi connectivity index (χ0) is 18.1. The molecule has 2 unspecified atom stereocenters. The predicted octanol–water partition coefficient (Wildman–Crippen LogP) is 4.32. The molecule has 1 heterocycles. The van der Waals surface area contributed by atoms with E-state index in [9.17, 15) is 4.79 Å². The van der Waals surface area contributed by atoms with E-state index in [-0.39, 0.29) is 25.6 Å². The van der Waals surface area contributed by atoms with Gasteiger partial charge in [-0.3, -0.25) is 4.79 Å². The number of hydrogen-bond acceptors (Lipinski definition) is 5. The Morgan fingerprint density at radius 1 is 1.12 bits per heavy atom. The average Bonchev–Trinajstić information content (AvgIpc) is 3.11. The highest BCUT2D eigenvalue weighted by atomic mass is 16.7. The highest BCUT2D eigenvalue weighted by Crippen LogP contribution is 2.22. The van der Waals surface area contributed by atoms with Crippen molar-refractivity contribution in [3.05, 3.63) is 54.0 Å². The molecule has 0 aliphatic rings. The van der Waals surface area contributed by atoms with Crippen LogP contribution in [0.25, 0.3) is 0 Å². The number of ether oxygens (including phenoxy) is 3. The molecule has 0 saturated heterocycles. The van der Waals surface area contributed by atoms with Crippen molar-refractivity contribution in [1.29, 1.82) is 0 Å². The van der Waals surface area contributed by atoms with Gasteiger partial charge in [-0.25, -0.2) is 0 Å². The van der Waals surface area contributed by atoms with Crippen LogP contribution in [-0.4, -0.2) is 25.5 Å². The molecule has 1 aromatic heterocycles. The highest BCUT2D eigenvalue weighted by Gasteiger charge is 2.09. The van der Waals surface area contributed by atoms with Gasteiger partial charge >= 0.3 is 5.97 Å². The van der Waals surface area contributed by atoms with Gasteiger partial charge in [0, 0.05) is 0 Å². The second kappa shape index (κ2) is 9.89. The topological polar surface area (TPSA) is 57.9 Å². The van der Waals surface area contributed by atoms with E-state index in [0.717, 1.165) is 12.2 Å². The lowest BCUT2D eigenvalue weighted by Crippen LogP contribution is -2.20. The summed E-state index contributed by atoms with van der Waals surface area (Å²) in [7, 11) is 0.